The van der Waals surface area contributed by atoms with E-state index in [1.54, 1.807) is 0 Å². The molecular formula is C8H12O2. The van der Waals surface area contributed by atoms with Crippen LogP contribution in [0.2, 0.25) is 0 Å². The summed E-state index contributed by atoms with van der Waals surface area (Å²) in [5, 5.41) is 0. The van der Waals surface area contributed by atoms with Crippen LogP contribution in [-0.2, 0) is 9.47 Å². The van der Waals surface area contributed by atoms with Gasteiger partial charge in [0.05, 0.1) is 25.6 Å². The van der Waals surface area contributed by atoms with E-state index in [4.69, 9.17) is 9.47 Å². The third-order valence-electron chi connectivity index (χ3n) is 2.04. The Morgan fingerprint density at radius 3 is 2.70 bits per heavy atom. The molecule has 0 aromatic carbocycles. The van der Waals surface area contributed by atoms with Crippen LogP contribution in [0.4, 0.5) is 0 Å². The highest BCUT2D eigenvalue weighted by molar-refractivity contribution is 5.13. The lowest BCUT2D eigenvalue weighted by Gasteiger charge is -2.00. The van der Waals surface area contributed by atoms with Crippen molar-refractivity contribution in [3.63, 3.8) is 0 Å². The van der Waals surface area contributed by atoms with E-state index in [2.05, 4.69) is 0 Å². The number of ether oxygens (including phenoxy) is 2. The summed E-state index contributed by atoms with van der Waals surface area (Å²) in [5.74, 6) is 1.22. The van der Waals surface area contributed by atoms with Gasteiger partial charge in [-0.2, -0.15) is 0 Å². The second kappa shape index (κ2) is 2.62. The first-order chi connectivity index (χ1) is 4.97. The Labute approximate surface area is 60.8 Å². The van der Waals surface area contributed by atoms with Gasteiger partial charge in [-0.05, 0) is 18.4 Å². The number of rotatable bonds is 0. The summed E-state index contributed by atoms with van der Waals surface area (Å²) in [6.07, 6.45) is 3.42. The molecule has 0 radical (unpaired) electrons. The molecule has 2 aliphatic rings. The van der Waals surface area contributed by atoms with Crippen molar-refractivity contribution in [1.82, 2.24) is 0 Å². The minimum Gasteiger partial charge on any atom is -0.498 e. The maximum absolute atomic E-state index is 5.44. The van der Waals surface area contributed by atoms with Crippen molar-refractivity contribution in [2.75, 3.05) is 19.8 Å². The fourth-order valence-electron chi connectivity index (χ4n) is 1.46. The van der Waals surface area contributed by atoms with Crippen molar-refractivity contribution in [2.45, 2.75) is 19.3 Å². The molecule has 0 aromatic heterocycles. The summed E-state index contributed by atoms with van der Waals surface area (Å²) in [5.41, 5.74) is 1.40. The molecule has 0 aliphatic carbocycles. The molecule has 2 fully saturated rings. The topological polar surface area (TPSA) is 18.5 Å². The van der Waals surface area contributed by atoms with Gasteiger partial charge in [0, 0.05) is 6.42 Å². The summed E-state index contributed by atoms with van der Waals surface area (Å²) in [4.78, 5) is 0. The molecule has 0 amide bonds. The van der Waals surface area contributed by atoms with Crippen molar-refractivity contribution < 1.29 is 9.47 Å². The summed E-state index contributed by atoms with van der Waals surface area (Å²) in [6.45, 7) is 2.62. The van der Waals surface area contributed by atoms with Crippen molar-refractivity contribution in [3.05, 3.63) is 11.3 Å². The fourth-order valence-corrected chi connectivity index (χ4v) is 1.46. The quantitative estimate of drug-likeness (QED) is 0.507. The molecule has 10 heavy (non-hydrogen) atoms. The van der Waals surface area contributed by atoms with E-state index < -0.39 is 0 Å². The monoisotopic (exact) mass is 140 g/mol. The predicted octanol–water partition coefficient (Wildman–Crippen LogP) is 1.47. The van der Waals surface area contributed by atoms with Gasteiger partial charge in [0.1, 0.15) is 0 Å². The molecule has 2 aliphatic heterocycles. The van der Waals surface area contributed by atoms with Gasteiger partial charge < -0.3 is 9.47 Å². The second-order valence-electron chi connectivity index (χ2n) is 2.78. The first-order valence-electron chi connectivity index (χ1n) is 3.88. The fraction of sp³-hybridized carbons (Fsp3) is 0.750. The van der Waals surface area contributed by atoms with Crippen molar-refractivity contribution >= 4 is 0 Å². The molecule has 2 heteroatoms. The summed E-state index contributed by atoms with van der Waals surface area (Å²) >= 11 is 0. The van der Waals surface area contributed by atoms with Crippen LogP contribution >= 0.6 is 0 Å². The van der Waals surface area contributed by atoms with Gasteiger partial charge in [0.15, 0.2) is 0 Å². The van der Waals surface area contributed by atoms with E-state index in [-0.39, 0.29) is 0 Å². The van der Waals surface area contributed by atoms with Crippen LogP contribution in [0.3, 0.4) is 0 Å². The predicted molar refractivity (Wildman–Crippen MR) is 37.6 cm³/mol. The lowest BCUT2D eigenvalue weighted by molar-refractivity contribution is 0.201. The van der Waals surface area contributed by atoms with E-state index in [0.29, 0.717) is 0 Å². The van der Waals surface area contributed by atoms with E-state index >= 15 is 0 Å². The first-order valence-corrected chi connectivity index (χ1v) is 3.88. The minimum atomic E-state index is 0.815. The molecule has 0 atom stereocenters. The van der Waals surface area contributed by atoms with Crippen LogP contribution in [-0.4, -0.2) is 19.8 Å². The van der Waals surface area contributed by atoms with Crippen LogP contribution in [0.15, 0.2) is 11.3 Å². The van der Waals surface area contributed by atoms with Crippen LogP contribution in [0, 0.1) is 0 Å². The van der Waals surface area contributed by atoms with Crippen LogP contribution in [0.25, 0.3) is 0 Å². The van der Waals surface area contributed by atoms with E-state index in [1.165, 1.54) is 17.8 Å². The zero-order valence-electron chi connectivity index (χ0n) is 6.06. The highest BCUT2D eigenvalue weighted by Crippen LogP contribution is 2.24. The summed E-state index contributed by atoms with van der Waals surface area (Å²) in [6, 6.07) is 0. The van der Waals surface area contributed by atoms with Gasteiger partial charge >= 0.3 is 0 Å². The Morgan fingerprint density at radius 1 is 1.10 bits per heavy atom. The Balaban J connectivity index is 2.10. The summed E-state index contributed by atoms with van der Waals surface area (Å²) < 4.78 is 10.7. The Hall–Kier alpha value is -0.500. The molecule has 0 bridgehead atoms. The number of hydrogen-bond acceptors (Lipinski definition) is 2. The van der Waals surface area contributed by atoms with Gasteiger partial charge in [0.2, 0.25) is 0 Å². The standard InChI is InChI=1S/C8H12O2/c1-2-8(10-4-1)7-3-5-9-6-7/h1-6H2. The van der Waals surface area contributed by atoms with Gasteiger partial charge in [-0.25, -0.2) is 0 Å². The highest BCUT2D eigenvalue weighted by Gasteiger charge is 2.17. The highest BCUT2D eigenvalue weighted by atomic mass is 16.5. The molecule has 0 saturated carbocycles. The van der Waals surface area contributed by atoms with E-state index in [9.17, 15) is 0 Å². The maximum atomic E-state index is 5.44. The Bertz CT molecular complexity index is 127. The molecule has 0 spiro atoms. The average molecular weight is 140 g/mol. The smallest absolute Gasteiger partial charge is 0.0976 e. The molecule has 2 heterocycles. The molecular weight excluding hydrogens is 128 g/mol. The van der Waals surface area contributed by atoms with E-state index in [0.717, 1.165) is 32.7 Å². The zero-order chi connectivity index (χ0) is 6.81. The number of allylic oxidation sites excluding steroid dienone is 1. The minimum absolute atomic E-state index is 0.815. The van der Waals surface area contributed by atoms with Crippen LogP contribution in [0.5, 0.6) is 0 Å². The maximum Gasteiger partial charge on any atom is 0.0976 e. The summed E-state index contributed by atoms with van der Waals surface area (Å²) in [7, 11) is 0. The van der Waals surface area contributed by atoms with E-state index in [1.807, 2.05) is 0 Å². The molecule has 2 nitrogen and oxygen atoms in total. The first kappa shape index (κ1) is 6.23. The molecule has 56 valence electrons. The van der Waals surface area contributed by atoms with Crippen molar-refractivity contribution in [2.24, 2.45) is 0 Å². The number of hydrogen-bond donors (Lipinski definition) is 0. The van der Waals surface area contributed by atoms with Crippen LogP contribution < -0.4 is 0 Å². The largest absolute Gasteiger partial charge is 0.498 e. The van der Waals surface area contributed by atoms with Crippen molar-refractivity contribution in [1.29, 1.82) is 0 Å². The van der Waals surface area contributed by atoms with Gasteiger partial charge in [-0.15, -0.1) is 0 Å². The SMILES string of the molecule is C1COC(=C2CCOC2)C1. The zero-order valence-corrected chi connectivity index (χ0v) is 6.06. The lowest BCUT2D eigenvalue weighted by atomic mass is 10.1. The van der Waals surface area contributed by atoms with Crippen molar-refractivity contribution in [3.8, 4) is 0 Å². The van der Waals surface area contributed by atoms with Gasteiger partial charge in [-0.3, -0.25) is 0 Å². The second-order valence-corrected chi connectivity index (χ2v) is 2.78. The molecule has 2 saturated heterocycles. The molecule has 0 aromatic rings. The molecule has 0 N–H and O–H groups in total. The lowest BCUT2D eigenvalue weighted by Crippen LogP contribution is -1.89. The third kappa shape index (κ3) is 1.03. The van der Waals surface area contributed by atoms with Crippen LogP contribution in [0.1, 0.15) is 19.3 Å². The van der Waals surface area contributed by atoms with Gasteiger partial charge in [-0.1, -0.05) is 0 Å². The average Bonchev–Trinajstić information content (AvgIpc) is 2.59. The molecule has 0 unspecified atom stereocenters. The Morgan fingerprint density at radius 2 is 2.10 bits per heavy atom. The van der Waals surface area contributed by atoms with Gasteiger partial charge in [0.25, 0.3) is 0 Å². The normalized spacial score (nSPS) is 32.8. The molecule has 2 rings (SSSR count). The third-order valence-corrected chi connectivity index (χ3v) is 2.04. The Kier molecular flexibility index (Phi) is 1.63.